The molecule has 1 aromatic rings. The van der Waals surface area contributed by atoms with Gasteiger partial charge in [0.05, 0.1) is 0 Å². The molecular formula is C8H14N4. The lowest BCUT2D eigenvalue weighted by Crippen LogP contribution is -2.18. The second-order valence-electron chi connectivity index (χ2n) is 3.28. The van der Waals surface area contributed by atoms with E-state index in [4.69, 9.17) is 0 Å². The van der Waals surface area contributed by atoms with Crippen LogP contribution in [0.2, 0.25) is 0 Å². The number of nitrogens with zero attached hydrogens (tertiary/aromatic N) is 3. The van der Waals surface area contributed by atoms with E-state index in [1.807, 2.05) is 4.57 Å². The highest BCUT2D eigenvalue weighted by molar-refractivity contribution is 4.80. The Kier molecular flexibility index (Phi) is 2.36. The third-order valence-corrected chi connectivity index (χ3v) is 2.07. The van der Waals surface area contributed by atoms with Gasteiger partial charge in [-0.15, -0.1) is 10.2 Å². The highest BCUT2D eigenvalue weighted by Gasteiger charge is 2.19. The summed E-state index contributed by atoms with van der Waals surface area (Å²) in [5, 5.41) is 10.9. The van der Waals surface area contributed by atoms with E-state index in [0.29, 0.717) is 0 Å². The molecule has 0 aromatic carbocycles. The summed E-state index contributed by atoms with van der Waals surface area (Å²) in [4.78, 5) is 0. The predicted octanol–water partition coefficient (Wildman–Crippen LogP) is 0.420. The van der Waals surface area contributed by atoms with Gasteiger partial charge < -0.3 is 9.88 Å². The van der Waals surface area contributed by atoms with Crippen molar-refractivity contribution in [1.82, 2.24) is 20.1 Å². The van der Waals surface area contributed by atoms with Gasteiger partial charge >= 0.3 is 0 Å². The molecule has 0 unspecified atom stereocenters. The third-order valence-electron chi connectivity index (χ3n) is 2.07. The van der Waals surface area contributed by atoms with Crippen LogP contribution in [-0.4, -0.2) is 27.4 Å². The average Bonchev–Trinajstić information content (AvgIpc) is 2.76. The molecule has 66 valence electrons. The van der Waals surface area contributed by atoms with E-state index in [0.717, 1.165) is 25.6 Å². The Bertz CT molecular complexity index is 215. The molecule has 1 heterocycles. The second kappa shape index (κ2) is 3.67. The van der Waals surface area contributed by atoms with Gasteiger partial charge in [-0.05, 0) is 25.8 Å². The number of hydrogen-bond donors (Lipinski definition) is 1. The summed E-state index contributed by atoms with van der Waals surface area (Å²) in [6.45, 7) is 2.13. The van der Waals surface area contributed by atoms with Gasteiger partial charge in [0.25, 0.3) is 0 Å². The molecule has 0 spiro atoms. The van der Waals surface area contributed by atoms with Crippen LogP contribution in [0.1, 0.15) is 19.3 Å². The first kappa shape index (κ1) is 7.73. The first-order valence-corrected chi connectivity index (χ1v) is 4.51. The van der Waals surface area contributed by atoms with Gasteiger partial charge in [0.2, 0.25) is 0 Å². The molecule has 1 fully saturated rings. The van der Waals surface area contributed by atoms with Crippen LogP contribution in [0.5, 0.6) is 0 Å². The predicted molar refractivity (Wildman–Crippen MR) is 45.7 cm³/mol. The Morgan fingerprint density at radius 3 is 2.75 bits per heavy atom. The van der Waals surface area contributed by atoms with Crippen LogP contribution in [-0.2, 0) is 6.54 Å². The molecule has 2 rings (SSSR count). The van der Waals surface area contributed by atoms with Crippen molar-refractivity contribution in [3.05, 3.63) is 12.7 Å². The highest BCUT2D eigenvalue weighted by Crippen LogP contribution is 2.18. The van der Waals surface area contributed by atoms with Gasteiger partial charge in [-0.1, -0.05) is 0 Å². The maximum absolute atomic E-state index is 3.74. The lowest BCUT2D eigenvalue weighted by Gasteiger charge is -2.02. The van der Waals surface area contributed by atoms with Crippen molar-refractivity contribution >= 4 is 0 Å². The maximum atomic E-state index is 3.74. The fourth-order valence-corrected chi connectivity index (χ4v) is 1.19. The van der Waals surface area contributed by atoms with Crippen LogP contribution in [0.15, 0.2) is 12.7 Å². The van der Waals surface area contributed by atoms with Crippen molar-refractivity contribution < 1.29 is 0 Å². The fraction of sp³-hybridized carbons (Fsp3) is 0.750. The van der Waals surface area contributed by atoms with E-state index >= 15 is 0 Å². The molecule has 4 nitrogen and oxygen atoms in total. The fourth-order valence-electron chi connectivity index (χ4n) is 1.19. The smallest absolute Gasteiger partial charge is 0.119 e. The molecule has 4 heteroatoms. The van der Waals surface area contributed by atoms with Gasteiger partial charge in [-0.3, -0.25) is 0 Å². The monoisotopic (exact) mass is 166 g/mol. The van der Waals surface area contributed by atoms with Crippen molar-refractivity contribution in [3.8, 4) is 0 Å². The second-order valence-corrected chi connectivity index (χ2v) is 3.28. The van der Waals surface area contributed by atoms with Crippen LogP contribution >= 0.6 is 0 Å². The van der Waals surface area contributed by atoms with Crippen LogP contribution in [0, 0.1) is 0 Å². The highest BCUT2D eigenvalue weighted by atomic mass is 15.2. The minimum atomic E-state index is 0.825. The van der Waals surface area contributed by atoms with Gasteiger partial charge in [0.1, 0.15) is 12.7 Å². The summed E-state index contributed by atoms with van der Waals surface area (Å²) >= 11 is 0. The summed E-state index contributed by atoms with van der Waals surface area (Å²) in [7, 11) is 0. The molecule has 0 aliphatic heterocycles. The van der Waals surface area contributed by atoms with Crippen molar-refractivity contribution in [2.75, 3.05) is 6.54 Å². The Morgan fingerprint density at radius 1 is 1.33 bits per heavy atom. The Morgan fingerprint density at radius 2 is 2.08 bits per heavy atom. The molecule has 0 radical (unpaired) electrons. The van der Waals surface area contributed by atoms with Gasteiger partial charge in [0.15, 0.2) is 0 Å². The first-order valence-electron chi connectivity index (χ1n) is 4.51. The van der Waals surface area contributed by atoms with Crippen molar-refractivity contribution in [1.29, 1.82) is 0 Å². The molecular weight excluding hydrogens is 152 g/mol. The summed E-state index contributed by atoms with van der Waals surface area (Å²) in [6.07, 6.45) is 7.42. The van der Waals surface area contributed by atoms with Gasteiger partial charge in [-0.2, -0.15) is 0 Å². The number of hydrogen-bond acceptors (Lipinski definition) is 3. The van der Waals surface area contributed by atoms with Crippen molar-refractivity contribution in [3.63, 3.8) is 0 Å². The first-order chi connectivity index (χ1) is 5.95. The van der Waals surface area contributed by atoms with Crippen LogP contribution in [0.3, 0.4) is 0 Å². The lowest BCUT2D eigenvalue weighted by atomic mass is 10.4. The van der Waals surface area contributed by atoms with Crippen LogP contribution in [0.25, 0.3) is 0 Å². The number of rotatable bonds is 5. The number of aromatic nitrogens is 3. The molecule has 1 N–H and O–H groups in total. The van der Waals surface area contributed by atoms with E-state index < -0.39 is 0 Å². The Hall–Kier alpha value is -0.900. The molecule has 1 aliphatic carbocycles. The third kappa shape index (κ3) is 2.30. The molecule has 1 saturated carbocycles. The molecule has 0 bridgehead atoms. The van der Waals surface area contributed by atoms with E-state index in [9.17, 15) is 0 Å². The van der Waals surface area contributed by atoms with Crippen molar-refractivity contribution in [2.45, 2.75) is 31.8 Å². The average molecular weight is 166 g/mol. The molecule has 0 saturated heterocycles. The molecule has 0 atom stereocenters. The van der Waals surface area contributed by atoms with E-state index in [1.54, 1.807) is 12.7 Å². The normalized spacial score (nSPS) is 16.7. The van der Waals surface area contributed by atoms with Crippen LogP contribution in [0.4, 0.5) is 0 Å². The summed E-state index contributed by atoms with van der Waals surface area (Å²) < 4.78 is 2.01. The molecule has 1 aromatic heterocycles. The zero-order chi connectivity index (χ0) is 8.23. The molecule has 1 aliphatic rings. The molecule has 0 amide bonds. The zero-order valence-corrected chi connectivity index (χ0v) is 7.11. The maximum Gasteiger partial charge on any atom is 0.119 e. The minimum absolute atomic E-state index is 0.825. The zero-order valence-electron chi connectivity index (χ0n) is 7.11. The number of nitrogens with one attached hydrogen (secondary N) is 1. The Labute approximate surface area is 72.0 Å². The molecule has 12 heavy (non-hydrogen) atoms. The number of aryl methyl sites for hydroxylation is 1. The standard InChI is InChI=1S/C8H14N4/c1(4-9-8-2-3-8)5-12-6-10-11-7-12/h6-9H,1-5H2. The SMILES string of the molecule is c1nncn1CCCNC1CC1. The van der Waals surface area contributed by atoms with Crippen molar-refractivity contribution in [2.24, 2.45) is 0 Å². The van der Waals surface area contributed by atoms with Gasteiger partial charge in [0, 0.05) is 12.6 Å². The summed E-state index contributed by atoms with van der Waals surface area (Å²) in [5.41, 5.74) is 0. The van der Waals surface area contributed by atoms with E-state index in [1.165, 1.54) is 12.8 Å². The Balaban J connectivity index is 1.56. The minimum Gasteiger partial charge on any atom is -0.320 e. The van der Waals surface area contributed by atoms with Crippen LogP contribution < -0.4 is 5.32 Å². The van der Waals surface area contributed by atoms with Gasteiger partial charge in [-0.25, -0.2) is 0 Å². The summed E-state index contributed by atoms with van der Waals surface area (Å²) in [5.74, 6) is 0. The largest absolute Gasteiger partial charge is 0.320 e. The van der Waals surface area contributed by atoms with E-state index in [2.05, 4.69) is 15.5 Å². The van der Waals surface area contributed by atoms with E-state index in [-0.39, 0.29) is 0 Å². The topological polar surface area (TPSA) is 42.7 Å². The quantitative estimate of drug-likeness (QED) is 0.645. The summed E-state index contributed by atoms with van der Waals surface area (Å²) in [6, 6.07) is 0.825. The lowest BCUT2D eigenvalue weighted by molar-refractivity contribution is 0.578.